The van der Waals surface area contributed by atoms with E-state index in [1.54, 1.807) is 13.8 Å². The van der Waals surface area contributed by atoms with Gasteiger partial charge in [-0.2, -0.15) is 13.2 Å². The summed E-state index contributed by atoms with van der Waals surface area (Å²) in [5, 5.41) is 2.87. The second kappa shape index (κ2) is 5.52. The molecule has 100 valence electrons. The van der Waals surface area contributed by atoms with E-state index in [-0.39, 0.29) is 5.56 Å². The summed E-state index contributed by atoms with van der Waals surface area (Å²) in [4.78, 5) is 0. The van der Waals surface area contributed by atoms with Crippen LogP contribution in [0, 0.1) is 5.82 Å². The van der Waals surface area contributed by atoms with E-state index in [2.05, 4.69) is 11.9 Å². The van der Waals surface area contributed by atoms with Gasteiger partial charge in [0.2, 0.25) is 0 Å². The van der Waals surface area contributed by atoms with Gasteiger partial charge in [-0.05, 0) is 37.2 Å². The van der Waals surface area contributed by atoms with Crippen molar-refractivity contribution < 1.29 is 17.6 Å². The van der Waals surface area contributed by atoms with E-state index in [0.29, 0.717) is 12.1 Å². The topological polar surface area (TPSA) is 12.0 Å². The fourth-order valence-electron chi connectivity index (χ4n) is 1.78. The SMILES string of the molecule is C=C(C)C(NCC)c1cc(F)ccc1C(F)(F)F. The molecule has 18 heavy (non-hydrogen) atoms. The van der Waals surface area contributed by atoms with E-state index in [9.17, 15) is 17.6 Å². The number of nitrogens with one attached hydrogen (secondary N) is 1. The van der Waals surface area contributed by atoms with Crippen molar-refractivity contribution in [1.82, 2.24) is 5.32 Å². The van der Waals surface area contributed by atoms with Gasteiger partial charge in [-0.25, -0.2) is 4.39 Å². The largest absolute Gasteiger partial charge is 0.416 e. The van der Waals surface area contributed by atoms with E-state index in [1.807, 2.05) is 0 Å². The van der Waals surface area contributed by atoms with Gasteiger partial charge in [-0.3, -0.25) is 0 Å². The lowest BCUT2D eigenvalue weighted by Crippen LogP contribution is -2.25. The molecular weight excluding hydrogens is 246 g/mol. The maximum atomic E-state index is 13.2. The molecule has 0 radical (unpaired) electrons. The summed E-state index contributed by atoms with van der Waals surface area (Å²) in [6.45, 7) is 7.49. The number of alkyl halides is 3. The molecule has 1 aromatic carbocycles. The molecule has 0 aliphatic carbocycles. The van der Waals surface area contributed by atoms with Gasteiger partial charge in [0, 0.05) is 0 Å². The molecular formula is C13H15F4N. The van der Waals surface area contributed by atoms with Crippen molar-refractivity contribution in [2.24, 2.45) is 0 Å². The summed E-state index contributed by atoms with van der Waals surface area (Å²) in [6.07, 6.45) is -4.51. The van der Waals surface area contributed by atoms with Crippen LogP contribution in [0.1, 0.15) is 31.0 Å². The molecule has 0 aliphatic heterocycles. The molecule has 0 saturated carbocycles. The van der Waals surface area contributed by atoms with Gasteiger partial charge >= 0.3 is 6.18 Å². The molecule has 0 aromatic heterocycles. The molecule has 0 bridgehead atoms. The maximum absolute atomic E-state index is 13.2. The standard InChI is InChI=1S/C13H15F4N/c1-4-18-12(8(2)3)10-7-9(14)5-6-11(10)13(15,16)17/h5-7,12,18H,2,4H2,1,3H3. The summed E-state index contributed by atoms with van der Waals surface area (Å²) in [6, 6.07) is 1.78. The normalized spacial score (nSPS) is 13.4. The quantitative estimate of drug-likeness (QED) is 0.636. The average Bonchev–Trinajstić information content (AvgIpc) is 2.23. The molecule has 1 aromatic rings. The maximum Gasteiger partial charge on any atom is 0.416 e. The predicted molar refractivity (Wildman–Crippen MR) is 62.6 cm³/mol. The highest BCUT2D eigenvalue weighted by Crippen LogP contribution is 2.36. The average molecular weight is 261 g/mol. The highest BCUT2D eigenvalue weighted by molar-refractivity contribution is 5.36. The van der Waals surface area contributed by atoms with Crippen molar-refractivity contribution in [3.8, 4) is 0 Å². The summed E-state index contributed by atoms with van der Waals surface area (Å²) in [5.74, 6) is -0.692. The van der Waals surface area contributed by atoms with Crippen molar-refractivity contribution in [2.45, 2.75) is 26.1 Å². The molecule has 5 heteroatoms. The van der Waals surface area contributed by atoms with Gasteiger partial charge in [0.15, 0.2) is 0 Å². The summed E-state index contributed by atoms with van der Waals surface area (Å²) in [7, 11) is 0. The van der Waals surface area contributed by atoms with E-state index in [4.69, 9.17) is 0 Å². The molecule has 1 unspecified atom stereocenters. The Balaban J connectivity index is 3.35. The minimum absolute atomic E-state index is 0.128. The molecule has 1 N–H and O–H groups in total. The van der Waals surface area contributed by atoms with Crippen LogP contribution in [0.2, 0.25) is 0 Å². The van der Waals surface area contributed by atoms with Crippen LogP contribution in [0.5, 0.6) is 0 Å². The first kappa shape index (κ1) is 14.7. The van der Waals surface area contributed by atoms with Crippen molar-refractivity contribution in [2.75, 3.05) is 6.54 Å². The lowest BCUT2D eigenvalue weighted by Gasteiger charge is -2.22. The summed E-state index contributed by atoms with van der Waals surface area (Å²) in [5.41, 5.74) is -0.456. The molecule has 0 fully saturated rings. The molecule has 0 heterocycles. The minimum Gasteiger partial charge on any atom is -0.307 e. The van der Waals surface area contributed by atoms with Crippen LogP contribution in [0.25, 0.3) is 0 Å². The molecule has 1 nitrogen and oxygen atoms in total. The van der Waals surface area contributed by atoms with Crippen molar-refractivity contribution in [1.29, 1.82) is 0 Å². The zero-order valence-corrected chi connectivity index (χ0v) is 10.2. The first-order chi connectivity index (χ1) is 8.27. The van der Waals surface area contributed by atoms with Crippen molar-refractivity contribution >= 4 is 0 Å². The third-order valence-electron chi connectivity index (χ3n) is 2.53. The third kappa shape index (κ3) is 3.32. The van der Waals surface area contributed by atoms with Crippen molar-refractivity contribution in [3.05, 3.63) is 47.3 Å². The van der Waals surface area contributed by atoms with Gasteiger partial charge in [0.1, 0.15) is 5.82 Å². The van der Waals surface area contributed by atoms with Gasteiger partial charge in [-0.1, -0.05) is 19.1 Å². The minimum atomic E-state index is -4.51. The number of likely N-dealkylation sites (N-methyl/N-ethyl adjacent to an activating group) is 1. The Morgan fingerprint density at radius 2 is 2.00 bits per heavy atom. The molecule has 1 rings (SSSR count). The van der Waals surface area contributed by atoms with Crippen LogP contribution < -0.4 is 5.32 Å². The van der Waals surface area contributed by atoms with Gasteiger partial charge < -0.3 is 5.32 Å². The van der Waals surface area contributed by atoms with Crippen LogP contribution in [-0.2, 0) is 6.18 Å². The first-order valence-corrected chi connectivity index (χ1v) is 5.52. The zero-order chi connectivity index (χ0) is 13.9. The van der Waals surface area contributed by atoms with E-state index in [0.717, 1.165) is 18.2 Å². The lowest BCUT2D eigenvalue weighted by atomic mass is 9.95. The second-order valence-electron chi connectivity index (χ2n) is 4.07. The summed E-state index contributed by atoms with van der Waals surface area (Å²) < 4.78 is 51.8. The Morgan fingerprint density at radius 3 is 2.44 bits per heavy atom. The molecule has 0 aliphatic rings. The Morgan fingerprint density at radius 1 is 1.39 bits per heavy atom. The predicted octanol–water partition coefficient (Wildman–Crippen LogP) is 4.07. The second-order valence-corrected chi connectivity index (χ2v) is 4.07. The monoisotopic (exact) mass is 261 g/mol. The van der Waals surface area contributed by atoms with E-state index in [1.165, 1.54) is 0 Å². The number of hydrogen-bond donors (Lipinski definition) is 1. The number of benzene rings is 1. The molecule has 0 spiro atoms. The molecule has 0 amide bonds. The Labute approximate surface area is 104 Å². The van der Waals surface area contributed by atoms with Gasteiger partial charge in [-0.15, -0.1) is 0 Å². The Kier molecular flexibility index (Phi) is 4.51. The van der Waals surface area contributed by atoms with Crippen LogP contribution in [0.4, 0.5) is 17.6 Å². The van der Waals surface area contributed by atoms with Crippen LogP contribution in [-0.4, -0.2) is 6.54 Å². The summed E-state index contributed by atoms with van der Waals surface area (Å²) >= 11 is 0. The van der Waals surface area contributed by atoms with E-state index >= 15 is 0 Å². The third-order valence-corrected chi connectivity index (χ3v) is 2.53. The fourth-order valence-corrected chi connectivity index (χ4v) is 1.78. The molecule has 0 saturated heterocycles. The highest BCUT2D eigenvalue weighted by Gasteiger charge is 2.35. The molecule has 1 atom stereocenters. The number of halogens is 4. The number of hydrogen-bond acceptors (Lipinski definition) is 1. The van der Waals surface area contributed by atoms with Crippen LogP contribution in [0.15, 0.2) is 30.4 Å². The van der Waals surface area contributed by atoms with Crippen molar-refractivity contribution in [3.63, 3.8) is 0 Å². The smallest absolute Gasteiger partial charge is 0.307 e. The lowest BCUT2D eigenvalue weighted by molar-refractivity contribution is -0.138. The van der Waals surface area contributed by atoms with Gasteiger partial charge in [0.05, 0.1) is 11.6 Å². The number of rotatable bonds is 4. The first-order valence-electron chi connectivity index (χ1n) is 5.52. The Bertz CT molecular complexity index is 437. The highest BCUT2D eigenvalue weighted by atomic mass is 19.4. The van der Waals surface area contributed by atoms with E-state index < -0.39 is 23.6 Å². The zero-order valence-electron chi connectivity index (χ0n) is 10.2. The van der Waals surface area contributed by atoms with Crippen LogP contribution in [0.3, 0.4) is 0 Å². The van der Waals surface area contributed by atoms with Crippen LogP contribution >= 0.6 is 0 Å². The fraction of sp³-hybridized carbons (Fsp3) is 0.385. The van der Waals surface area contributed by atoms with Gasteiger partial charge in [0.25, 0.3) is 0 Å². The Hall–Kier alpha value is -1.36.